The fourth-order valence-corrected chi connectivity index (χ4v) is 1.26. The summed E-state index contributed by atoms with van der Waals surface area (Å²) < 4.78 is 0. The molecule has 0 bridgehead atoms. The van der Waals surface area contributed by atoms with Crippen LogP contribution in [0.25, 0.3) is 0 Å². The molecule has 0 spiro atoms. The van der Waals surface area contributed by atoms with E-state index in [-0.39, 0.29) is 11.8 Å². The first-order valence-corrected chi connectivity index (χ1v) is 5.47. The van der Waals surface area contributed by atoms with Crippen LogP contribution < -0.4 is 16.4 Å². The topological polar surface area (TPSA) is 84.2 Å². The van der Waals surface area contributed by atoms with Crippen LogP contribution in [0.2, 0.25) is 0 Å². The van der Waals surface area contributed by atoms with Gasteiger partial charge in [0.05, 0.1) is 0 Å². The molecule has 0 aromatic rings. The number of nitrogens with one attached hydrogen (secondary N) is 2. The minimum Gasteiger partial charge on any atom is -0.354 e. The van der Waals surface area contributed by atoms with E-state index in [1.54, 1.807) is 6.08 Å². The number of urea groups is 1. The van der Waals surface area contributed by atoms with Gasteiger partial charge in [-0.2, -0.15) is 0 Å². The molecule has 5 nitrogen and oxygen atoms in total. The Morgan fingerprint density at radius 1 is 1.50 bits per heavy atom. The monoisotopic (exact) mass is 227 g/mol. The summed E-state index contributed by atoms with van der Waals surface area (Å²) in [6, 6.07) is -1.24. The smallest absolute Gasteiger partial charge is 0.312 e. The highest BCUT2D eigenvalue weighted by Gasteiger charge is 2.24. The average Bonchev–Trinajstić information content (AvgIpc) is 2.24. The molecule has 0 radical (unpaired) electrons. The van der Waals surface area contributed by atoms with Crippen molar-refractivity contribution in [2.24, 2.45) is 11.7 Å². The maximum atomic E-state index is 11.7. The Bertz CT molecular complexity index is 254. The lowest BCUT2D eigenvalue weighted by Gasteiger charge is -2.22. The molecule has 0 aliphatic carbocycles. The Morgan fingerprint density at radius 3 is 2.56 bits per heavy atom. The minimum absolute atomic E-state index is 0.0521. The largest absolute Gasteiger partial charge is 0.354 e. The molecule has 5 heteroatoms. The van der Waals surface area contributed by atoms with E-state index in [4.69, 9.17) is 5.73 Å². The van der Waals surface area contributed by atoms with Gasteiger partial charge >= 0.3 is 6.03 Å². The molecule has 0 heterocycles. The van der Waals surface area contributed by atoms with Crippen molar-refractivity contribution in [1.29, 1.82) is 0 Å². The van der Waals surface area contributed by atoms with Crippen LogP contribution in [-0.4, -0.2) is 24.5 Å². The molecule has 0 aliphatic heterocycles. The predicted octanol–water partition coefficient (Wildman–Crippen LogP) is 0.762. The highest BCUT2D eigenvalue weighted by Crippen LogP contribution is 2.07. The highest BCUT2D eigenvalue weighted by atomic mass is 16.2. The second-order valence-electron chi connectivity index (χ2n) is 3.74. The van der Waals surface area contributed by atoms with Gasteiger partial charge in [-0.15, -0.1) is 6.58 Å². The summed E-state index contributed by atoms with van der Waals surface area (Å²) in [5.41, 5.74) is 5.03. The molecular weight excluding hydrogens is 206 g/mol. The lowest BCUT2D eigenvalue weighted by molar-refractivity contribution is -0.124. The van der Waals surface area contributed by atoms with Gasteiger partial charge in [0.25, 0.3) is 0 Å². The van der Waals surface area contributed by atoms with E-state index in [2.05, 4.69) is 17.2 Å². The number of carbonyl (C=O) groups excluding carboxylic acids is 2. The molecule has 92 valence electrons. The van der Waals surface area contributed by atoms with E-state index < -0.39 is 12.1 Å². The van der Waals surface area contributed by atoms with Crippen molar-refractivity contribution in [1.82, 2.24) is 10.6 Å². The number of hydrogen-bond donors (Lipinski definition) is 3. The zero-order valence-electron chi connectivity index (χ0n) is 9.95. The van der Waals surface area contributed by atoms with Crippen LogP contribution in [0, 0.1) is 5.92 Å². The van der Waals surface area contributed by atoms with Gasteiger partial charge in [0, 0.05) is 6.54 Å². The SMILES string of the molecule is C=CCCNC(=O)C(NC(N)=O)C(C)CC. The standard InChI is InChI=1S/C11H21N3O2/c1-4-6-7-13-10(15)9(8(3)5-2)14-11(12)16/h4,8-9H,1,5-7H2,2-3H3,(H,13,15)(H3,12,14,16). The van der Waals surface area contributed by atoms with Gasteiger partial charge in [-0.3, -0.25) is 4.79 Å². The van der Waals surface area contributed by atoms with Gasteiger partial charge in [0.15, 0.2) is 0 Å². The van der Waals surface area contributed by atoms with E-state index in [0.717, 1.165) is 6.42 Å². The van der Waals surface area contributed by atoms with Gasteiger partial charge in [-0.25, -0.2) is 4.79 Å². The van der Waals surface area contributed by atoms with Crippen LogP contribution in [0.1, 0.15) is 26.7 Å². The van der Waals surface area contributed by atoms with Crippen LogP contribution in [-0.2, 0) is 4.79 Å². The van der Waals surface area contributed by atoms with Crippen molar-refractivity contribution in [3.05, 3.63) is 12.7 Å². The van der Waals surface area contributed by atoms with E-state index in [1.165, 1.54) is 0 Å². The zero-order chi connectivity index (χ0) is 12.6. The molecule has 2 unspecified atom stereocenters. The number of hydrogen-bond acceptors (Lipinski definition) is 2. The summed E-state index contributed by atoms with van der Waals surface area (Å²) >= 11 is 0. The Balaban J connectivity index is 4.31. The summed E-state index contributed by atoms with van der Waals surface area (Å²) in [5.74, 6) is -0.147. The van der Waals surface area contributed by atoms with Gasteiger partial charge < -0.3 is 16.4 Å². The average molecular weight is 227 g/mol. The lowest BCUT2D eigenvalue weighted by atomic mass is 9.98. The summed E-state index contributed by atoms with van der Waals surface area (Å²) in [5, 5.41) is 5.18. The van der Waals surface area contributed by atoms with Crippen molar-refractivity contribution in [3.8, 4) is 0 Å². The van der Waals surface area contributed by atoms with Crippen molar-refractivity contribution in [2.75, 3.05) is 6.54 Å². The highest BCUT2D eigenvalue weighted by molar-refractivity contribution is 5.86. The van der Waals surface area contributed by atoms with Crippen LogP contribution in [0.5, 0.6) is 0 Å². The third-order valence-corrected chi connectivity index (χ3v) is 2.44. The van der Waals surface area contributed by atoms with Crippen molar-refractivity contribution in [3.63, 3.8) is 0 Å². The fraction of sp³-hybridized carbons (Fsp3) is 0.636. The van der Waals surface area contributed by atoms with Gasteiger partial charge in [0.2, 0.25) is 5.91 Å². The van der Waals surface area contributed by atoms with Crippen molar-refractivity contribution in [2.45, 2.75) is 32.7 Å². The van der Waals surface area contributed by atoms with E-state index >= 15 is 0 Å². The number of amides is 3. The number of primary amides is 1. The van der Waals surface area contributed by atoms with Gasteiger partial charge in [-0.05, 0) is 12.3 Å². The molecule has 0 saturated heterocycles. The molecule has 2 atom stereocenters. The molecule has 0 aromatic heterocycles. The fourth-order valence-electron chi connectivity index (χ4n) is 1.26. The van der Waals surface area contributed by atoms with Crippen LogP contribution in [0.4, 0.5) is 4.79 Å². The van der Waals surface area contributed by atoms with Crippen molar-refractivity contribution < 1.29 is 9.59 Å². The van der Waals surface area contributed by atoms with Crippen LogP contribution in [0.15, 0.2) is 12.7 Å². The van der Waals surface area contributed by atoms with E-state index in [0.29, 0.717) is 13.0 Å². The minimum atomic E-state index is -0.677. The van der Waals surface area contributed by atoms with Gasteiger partial charge in [-0.1, -0.05) is 26.3 Å². The number of nitrogens with two attached hydrogens (primary N) is 1. The molecule has 0 aliphatic rings. The number of carbonyl (C=O) groups is 2. The Hall–Kier alpha value is -1.52. The molecule has 0 fully saturated rings. The first-order valence-electron chi connectivity index (χ1n) is 5.47. The first-order chi connectivity index (χ1) is 7.52. The second-order valence-corrected chi connectivity index (χ2v) is 3.74. The summed E-state index contributed by atoms with van der Waals surface area (Å²) in [7, 11) is 0. The third-order valence-electron chi connectivity index (χ3n) is 2.44. The van der Waals surface area contributed by atoms with Crippen LogP contribution >= 0.6 is 0 Å². The Kier molecular flexibility index (Phi) is 7.00. The van der Waals surface area contributed by atoms with Gasteiger partial charge in [0.1, 0.15) is 6.04 Å². The molecule has 4 N–H and O–H groups in total. The summed E-state index contributed by atoms with van der Waals surface area (Å²) in [4.78, 5) is 22.5. The van der Waals surface area contributed by atoms with E-state index in [1.807, 2.05) is 13.8 Å². The Labute approximate surface area is 96.5 Å². The predicted molar refractivity (Wildman–Crippen MR) is 63.8 cm³/mol. The summed E-state index contributed by atoms with van der Waals surface area (Å²) in [6.45, 7) is 7.94. The second kappa shape index (κ2) is 7.73. The molecule has 0 saturated carbocycles. The quantitative estimate of drug-likeness (QED) is 0.443. The zero-order valence-corrected chi connectivity index (χ0v) is 9.95. The number of rotatable bonds is 7. The maximum Gasteiger partial charge on any atom is 0.312 e. The molecule has 16 heavy (non-hydrogen) atoms. The molecule has 0 aromatic carbocycles. The molecular formula is C11H21N3O2. The third kappa shape index (κ3) is 5.38. The lowest BCUT2D eigenvalue weighted by Crippen LogP contribution is -2.51. The van der Waals surface area contributed by atoms with Crippen molar-refractivity contribution >= 4 is 11.9 Å². The maximum absolute atomic E-state index is 11.7. The van der Waals surface area contributed by atoms with E-state index in [9.17, 15) is 9.59 Å². The van der Waals surface area contributed by atoms with Crippen LogP contribution in [0.3, 0.4) is 0 Å². The normalized spacial score (nSPS) is 13.6. The molecule has 3 amide bonds. The first kappa shape index (κ1) is 14.5. The summed E-state index contributed by atoms with van der Waals surface area (Å²) in [6.07, 6.45) is 3.22. The molecule has 0 rings (SSSR count). The Morgan fingerprint density at radius 2 is 2.12 bits per heavy atom.